The van der Waals surface area contributed by atoms with Crippen molar-refractivity contribution in [2.75, 3.05) is 12.4 Å². The molecule has 1 aromatic heterocycles. The van der Waals surface area contributed by atoms with Gasteiger partial charge in [0.1, 0.15) is 11.5 Å². The number of aromatic nitrogens is 2. The summed E-state index contributed by atoms with van der Waals surface area (Å²) >= 11 is 0. The van der Waals surface area contributed by atoms with Gasteiger partial charge in [0, 0.05) is 35.3 Å². The van der Waals surface area contributed by atoms with Gasteiger partial charge in [0.2, 0.25) is 0 Å². The summed E-state index contributed by atoms with van der Waals surface area (Å²) in [6.07, 6.45) is 3.37. The number of hydrogen-bond acceptors (Lipinski definition) is 5. The fourth-order valence-corrected chi connectivity index (χ4v) is 3.03. The molecule has 4 rings (SSSR count). The molecule has 0 saturated heterocycles. The highest BCUT2D eigenvalue weighted by molar-refractivity contribution is 6.04. The molecule has 0 radical (unpaired) electrons. The zero-order valence-electron chi connectivity index (χ0n) is 17.2. The van der Waals surface area contributed by atoms with Crippen LogP contribution in [0.25, 0.3) is 11.1 Å². The normalized spacial score (nSPS) is 10.4. The van der Waals surface area contributed by atoms with Crippen LogP contribution in [-0.2, 0) is 0 Å². The molecule has 31 heavy (non-hydrogen) atoms. The Balaban J connectivity index is 1.43. The summed E-state index contributed by atoms with van der Waals surface area (Å²) in [4.78, 5) is 21.0. The van der Waals surface area contributed by atoms with E-state index in [1.807, 2.05) is 55.5 Å². The molecule has 0 aliphatic carbocycles. The van der Waals surface area contributed by atoms with Crippen molar-refractivity contribution in [2.45, 2.75) is 6.92 Å². The summed E-state index contributed by atoms with van der Waals surface area (Å²) in [5, 5.41) is 2.91. The van der Waals surface area contributed by atoms with Gasteiger partial charge in [-0.3, -0.25) is 4.79 Å². The van der Waals surface area contributed by atoms with Gasteiger partial charge in [-0.1, -0.05) is 30.3 Å². The molecule has 0 aliphatic rings. The average molecular weight is 411 g/mol. The number of ether oxygens (including phenoxy) is 2. The third-order valence-electron chi connectivity index (χ3n) is 4.63. The van der Waals surface area contributed by atoms with E-state index in [9.17, 15) is 4.79 Å². The van der Waals surface area contributed by atoms with Gasteiger partial charge in [0.15, 0.2) is 0 Å². The molecule has 0 atom stereocenters. The molecule has 6 heteroatoms. The van der Waals surface area contributed by atoms with Gasteiger partial charge in [0.05, 0.1) is 7.11 Å². The van der Waals surface area contributed by atoms with Crippen molar-refractivity contribution in [1.82, 2.24) is 9.97 Å². The molecule has 1 heterocycles. The predicted octanol–water partition coefficient (Wildman–Crippen LogP) is 5.51. The minimum atomic E-state index is -0.157. The van der Waals surface area contributed by atoms with Crippen LogP contribution in [0.15, 0.2) is 85.2 Å². The molecule has 4 aromatic rings. The third-order valence-corrected chi connectivity index (χ3v) is 4.63. The number of nitrogens with zero attached hydrogens (tertiary/aromatic N) is 2. The Hall–Kier alpha value is -4.19. The highest BCUT2D eigenvalue weighted by Gasteiger charge is 2.08. The monoisotopic (exact) mass is 411 g/mol. The molecule has 0 aliphatic heterocycles. The highest BCUT2D eigenvalue weighted by Crippen LogP contribution is 2.24. The van der Waals surface area contributed by atoms with Crippen LogP contribution in [0.2, 0.25) is 0 Å². The number of anilines is 1. The van der Waals surface area contributed by atoms with E-state index in [-0.39, 0.29) is 11.9 Å². The maximum atomic E-state index is 12.5. The van der Waals surface area contributed by atoms with E-state index in [2.05, 4.69) is 15.3 Å². The fourth-order valence-electron chi connectivity index (χ4n) is 3.03. The van der Waals surface area contributed by atoms with Gasteiger partial charge in [0.25, 0.3) is 5.91 Å². The lowest BCUT2D eigenvalue weighted by molar-refractivity contribution is 0.102. The lowest BCUT2D eigenvalue weighted by Gasteiger charge is -2.08. The summed E-state index contributed by atoms with van der Waals surface area (Å²) in [5.74, 6) is 1.13. The van der Waals surface area contributed by atoms with Crippen molar-refractivity contribution in [3.63, 3.8) is 0 Å². The van der Waals surface area contributed by atoms with Crippen molar-refractivity contribution in [3.05, 3.63) is 96.3 Å². The molecule has 0 unspecified atom stereocenters. The SMILES string of the molecule is COc1cccc(Oc2ncc(-c3ccc(C(=O)Nc4cccc(C)c4)cc3)cn2)c1. The molecule has 0 fully saturated rings. The smallest absolute Gasteiger partial charge is 0.321 e. The third kappa shape index (κ3) is 5.05. The topological polar surface area (TPSA) is 73.3 Å². The number of methoxy groups -OCH3 is 1. The van der Waals surface area contributed by atoms with E-state index in [0.29, 0.717) is 17.1 Å². The van der Waals surface area contributed by atoms with E-state index in [1.54, 1.807) is 43.8 Å². The average Bonchev–Trinajstić information content (AvgIpc) is 2.80. The second-order valence-corrected chi connectivity index (χ2v) is 6.94. The van der Waals surface area contributed by atoms with Crippen LogP contribution in [-0.4, -0.2) is 23.0 Å². The molecule has 154 valence electrons. The van der Waals surface area contributed by atoms with Crippen molar-refractivity contribution >= 4 is 11.6 Å². The summed E-state index contributed by atoms with van der Waals surface area (Å²) in [6, 6.07) is 22.5. The summed E-state index contributed by atoms with van der Waals surface area (Å²) in [7, 11) is 1.60. The molecule has 1 amide bonds. The maximum Gasteiger partial charge on any atom is 0.321 e. The Morgan fingerprint density at radius 1 is 0.839 bits per heavy atom. The zero-order chi connectivity index (χ0) is 21.6. The Labute approximate surface area is 180 Å². The molecule has 0 saturated carbocycles. The van der Waals surface area contributed by atoms with Crippen LogP contribution in [0.3, 0.4) is 0 Å². The lowest BCUT2D eigenvalue weighted by atomic mass is 10.1. The molecular weight excluding hydrogens is 390 g/mol. The summed E-state index contributed by atoms with van der Waals surface area (Å²) < 4.78 is 10.9. The number of rotatable bonds is 6. The first-order chi connectivity index (χ1) is 15.1. The second-order valence-electron chi connectivity index (χ2n) is 6.94. The minimum absolute atomic E-state index is 0.157. The lowest BCUT2D eigenvalue weighted by Crippen LogP contribution is -2.11. The first kappa shape index (κ1) is 20.1. The second kappa shape index (κ2) is 9.09. The zero-order valence-corrected chi connectivity index (χ0v) is 17.2. The largest absolute Gasteiger partial charge is 0.497 e. The standard InChI is InChI=1S/C25H21N3O3/c1-17-5-3-6-21(13-17)28-24(29)19-11-9-18(10-12-19)20-15-26-25(27-16-20)31-23-8-4-7-22(14-23)30-2/h3-16H,1-2H3,(H,28,29). The van der Waals surface area contributed by atoms with Gasteiger partial charge >= 0.3 is 6.01 Å². The van der Waals surface area contributed by atoms with E-state index in [0.717, 1.165) is 22.4 Å². The van der Waals surface area contributed by atoms with Crippen molar-refractivity contribution < 1.29 is 14.3 Å². The molecular formula is C25H21N3O3. The van der Waals surface area contributed by atoms with Gasteiger partial charge in [-0.15, -0.1) is 0 Å². The van der Waals surface area contributed by atoms with Gasteiger partial charge in [-0.2, -0.15) is 0 Å². The number of nitrogens with one attached hydrogen (secondary N) is 1. The predicted molar refractivity (Wildman–Crippen MR) is 120 cm³/mol. The molecule has 0 spiro atoms. The Bertz CT molecular complexity index is 1190. The number of hydrogen-bond donors (Lipinski definition) is 1. The summed E-state index contributed by atoms with van der Waals surface area (Å²) in [5.41, 5.74) is 4.16. The number of amides is 1. The number of aryl methyl sites for hydroxylation is 1. The van der Waals surface area contributed by atoms with Crippen LogP contribution >= 0.6 is 0 Å². The molecule has 6 nitrogen and oxygen atoms in total. The van der Waals surface area contributed by atoms with Crippen LogP contribution in [0.1, 0.15) is 15.9 Å². The van der Waals surface area contributed by atoms with E-state index < -0.39 is 0 Å². The Morgan fingerprint density at radius 3 is 2.26 bits per heavy atom. The van der Waals surface area contributed by atoms with Crippen LogP contribution in [0.5, 0.6) is 17.5 Å². The Kier molecular flexibility index (Phi) is 5.89. The van der Waals surface area contributed by atoms with Crippen molar-refractivity contribution in [1.29, 1.82) is 0 Å². The first-order valence-corrected chi connectivity index (χ1v) is 9.73. The van der Waals surface area contributed by atoms with Crippen LogP contribution in [0.4, 0.5) is 5.69 Å². The van der Waals surface area contributed by atoms with E-state index in [1.165, 1.54) is 0 Å². The first-order valence-electron chi connectivity index (χ1n) is 9.73. The van der Waals surface area contributed by atoms with Crippen LogP contribution < -0.4 is 14.8 Å². The van der Waals surface area contributed by atoms with E-state index in [4.69, 9.17) is 9.47 Å². The van der Waals surface area contributed by atoms with Gasteiger partial charge in [-0.25, -0.2) is 9.97 Å². The molecule has 3 aromatic carbocycles. The van der Waals surface area contributed by atoms with Crippen LogP contribution in [0, 0.1) is 6.92 Å². The maximum absolute atomic E-state index is 12.5. The highest BCUT2D eigenvalue weighted by atomic mass is 16.5. The summed E-state index contributed by atoms with van der Waals surface area (Å²) in [6.45, 7) is 1.99. The minimum Gasteiger partial charge on any atom is -0.497 e. The van der Waals surface area contributed by atoms with Crippen molar-refractivity contribution in [2.24, 2.45) is 0 Å². The quantitative estimate of drug-likeness (QED) is 0.453. The number of carbonyl (C=O) groups excluding carboxylic acids is 1. The number of carbonyl (C=O) groups is 1. The molecule has 0 bridgehead atoms. The van der Waals surface area contributed by atoms with Crippen molar-refractivity contribution in [3.8, 4) is 28.6 Å². The van der Waals surface area contributed by atoms with Gasteiger partial charge < -0.3 is 14.8 Å². The molecule has 1 N–H and O–H groups in total. The fraction of sp³-hybridized carbons (Fsp3) is 0.0800. The van der Waals surface area contributed by atoms with E-state index >= 15 is 0 Å². The number of benzene rings is 3. The Morgan fingerprint density at radius 2 is 1.55 bits per heavy atom. The van der Waals surface area contributed by atoms with Gasteiger partial charge in [-0.05, 0) is 54.4 Å².